The minimum atomic E-state index is -0.715. The molecule has 2 unspecified atom stereocenters. The largest absolute Gasteiger partial charge is 0.496 e. The number of benzene rings is 2. The molecule has 0 bridgehead atoms. The average Bonchev–Trinajstić information content (AvgIpc) is 2.82. The van der Waals surface area contributed by atoms with Gasteiger partial charge in [-0.3, -0.25) is 9.59 Å². The van der Waals surface area contributed by atoms with Gasteiger partial charge in [-0.2, -0.15) is 0 Å². The highest BCUT2D eigenvalue weighted by Crippen LogP contribution is 2.48. The number of aryl methyl sites for hydroxylation is 1. The number of allylic oxidation sites excluding steroid dienone is 2. The molecule has 2 aliphatic rings. The number of methoxy groups -OCH3 is 1. The normalized spacial score (nSPS) is 20.9. The van der Waals surface area contributed by atoms with E-state index in [9.17, 15) is 9.59 Å². The van der Waals surface area contributed by atoms with Crippen molar-refractivity contribution in [2.75, 3.05) is 13.7 Å². The standard InChI is InChI=1S/C30H35NO5/c1-7-35-29(33)26-19(3)31-23-15-30(4,5)16-24(32)28(23)27(26)20-10-13-25(34-6)21(14-20)17-36-22-11-8-18(2)9-12-22/h8-14,26-27,31H,3,7,15-17H2,1-2,4-6H3. The summed E-state index contributed by atoms with van der Waals surface area (Å²) in [4.78, 5) is 26.6. The molecule has 0 fully saturated rings. The lowest BCUT2D eigenvalue weighted by Gasteiger charge is -2.42. The zero-order chi connectivity index (χ0) is 26.0. The maximum Gasteiger partial charge on any atom is 0.315 e. The van der Waals surface area contributed by atoms with Crippen molar-refractivity contribution in [3.8, 4) is 11.5 Å². The number of esters is 1. The summed E-state index contributed by atoms with van der Waals surface area (Å²) in [5, 5.41) is 3.30. The molecular formula is C30H35NO5. The minimum Gasteiger partial charge on any atom is -0.496 e. The Kier molecular flexibility index (Phi) is 7.25. The summed E-state index contributed by atoms with van der Waals surface area (Å²) in [6.45, 7) is 12.7. The molecule has 36 heavy (non-hydrogen) atoms. The van der Waals surface area contributed by atoms with Crippen LogP contribution in [0.4, 0.5) is 0 Å². The molecule has 6 heteroatoms. The van der Waals surface area contributed by atoms with Crippen LogP contribution in [0.5, 0.6) is 11.5 Å². The van der Waals surface area contributed by atoms with Gasteiger partial charge in [-0.15, -0.1) is 0 Å². The van der Waals surface area contributed by atoms with Gasteiger partial charge in [0.15, 0.2) is 5.78 Å². The fraction of sp³-hybridized carbons (Fsp3) is 0.400. The van der Waals surface area contributed by atoms with E-state index < -0.39 is 17.8 Å². The van der Waals surface area contributed by atoms with E-state index in [0.717, 1.165) is 28.1 Å². The van der Waals surface area contributed by atoms with Crippen LogP contribution >= 0.6 is 0 Å². The van der Waals surface area contributed by atoms with Gasteiger partial charge in [0.2, 0.25) is 0 Å². The third-order valence-electron chi connectivity index (χ3n) is 6.87. The lowest BCUT2D eigenvalue weighted by molar-refractivity contribution is -0.147. The van der Waals surface area contributed by atoms with Crippen LogP contribution in [0.1, 0.15) is 56.2 Å². The molecule has 190 valence electrons. The number of ketones is 1. The highest BCUT2D eigenvalue weighted by Gasteiger charge is 2.46. The Morgan fingerprint density at radius 1 is 1.14 bits per heavy atom. The number of ether oxygens (including phenoxy) is 3. The van der Waals surface area contributed by atoms with Crippen molar-refractivity contribution in [1.82, 2.24) is 5.32 Å². The predicted molar refractivity (Wildman–Crippen MR) is 139 cm³/mol. The van der Waals surface area contributed by atoms with Gasteiger partial charge >= 0.3 is 5.97 Å². The smallest absolute Gasteiger partial charge is 0.315 e. The molecule has 0 saturated heterocycles. The van der Waals surface area contributed by atoms with Crippen molar-refractivity contribution >= 4 is 11.8 Å². The highest BCUT2D eigenvalue weighted by molar-refractivity contribution is 6.00. The van der Waals surface area contributed by atoms with Gasteiger partial charge in [0.05, 0.1) is 13.7 Å². The lowest BCUT2D eigenvalue weighted by Crippen LogP contribution is -2.43. The van der Waals surface area contributed by atoms with Crippen LogP contribution in [0.2, 0.25) is 0 Å². The van der Waals surface area contributed by atoms with Crippen molar-refractivity contribution in [3.63, 3.8) is 0 Å². The number of carbonyl (C=O) groups excluding carboxylic acids is 2. The summed E-state index contributed by atoms with van der Waals surface area (Å²) >= 11 is 0. The first-order valence-electron chi connectivity index (χ1n) is 12.4. The summed E-state index contributed by atoms with van der Waals surface area (Å²) in [7, 11) is 1.62. The van der Waals surface area contributed by atoms with Crippen LogP contribution in [0.25, 0.3) is 0 Å². The van der Waals surface area contributed by atoms with E-state index in [1.807, 2.05) is 49.4 Å². The van der Waals surface area contributed by atoms with E-state index in [1.165, 1.54) is 0 Å². The van der Waals surface area contributed by atoms with Crippen LogP contribution in [0.3, 0.4) is 0 Å². The Hall–Kier alpha value is -3.54. The van der Waals surface area contributed by atoms with Gasteiger partial charge < -0.3 is 19.5 Å². The number of hydrogen-bond donors (Lipinski definition) is 1. The molecule has 2 aromatic carbocycles. The van der Waals surface area contributed by atoms with Crippen molar-refractivity contribution in [3.05, 3.63) is 82.7 Å². The van der Waals surface area contributed by atoms with Gasteiger partial charge in [-0.25, -0.2) is 0 Å². The van der Waals surface area contributed by atoms with Crippen molar-refractivity contribution in [1.29, 1.82) is 0 Å². The van der Waals surface area contributed by atoms with Crippen LogP contribution in [-0.2, 0) is 20.9 Å². The second-order valence-electron chi connectivity index (χ2n) is 10.4. The average molecular weight is 490 g/mol. The highest BCUT2D eigenvalue weighted by atomic mass is 16.5. The third-order valence-corrected chi connectivity index (χ3v) is 6.87. The summed E-state index contributed by atoms with van der Waals surface area (Å²) in [5.74, 6) is -0.126. The molecular weight excluding hydrogens is 454 g/mol. The predicted octanol–water partition coefficient (Wildman–Crippen LogP) is 5.61. The van der Waals surface area contributed by atoms with Crippen molar-refractivity contribution in [2.24, 2.45) is 11.3 Å². The molecule has 0 spiro atoms. The molecule has 2 aromatic rings. The first kappa shape index (κ1) is 25.5. The molecule has 2 atom stereocenters. The monoisotopic (exact) mass is 489 g/mol. The number of nitrogens with one attached hydrogen (secondary N) is 1. The first-order valence-corrected chi connectivity index (χ1v) is 12.4. The molecule has 1 aliphatic heterocycles. The van der Waals surface area contributed by atoms with Crippen LogP contribution in [0, 0.1) is 18.3 Å². The first-order chi connectivity index (χ1) is 17.1. The SMILES string of the molecule is C=C1NC2=C(C(=O)CC(C)(C)C2)C(c2ccc(OC)c(COc3ccc(C)cc3)c2)C1C(=O)OCC. The maximum atomic E-state index is 13.5. The van der Waals surface area contributed by atoms with Gasteiger partial charge in [-0.05, 0) is 55.5 Å². The Balaban J connectivity index is 1.77. The Morgan fingerprint density at radius 3 is 2.53 bits per heavy atom. The number of rotatable bonds is 7. The van der Waals surface area contributed by atoms with E-state index >= 15 is 0 Å². The maximum absolute atomic E-state index is 13.5. The topological polar surface area (TPSA) is 73.9 Å². The third kappa shape index (κ3) is 5.18. The molecule has 1 heterocycles. The summed E-state index contributed by atoms with van der Waals surface area (Å²) in [6, 6.07) is 13.6. The Labute approximate surface area is 213 Å². The molecule has 0 radical (unpaired) electrons. The van der Waals surface area contributed by atoms with Crippen LogP contribution in [-0.4, -0.2) is 25.5 Å². The van der Waals surface area contributed by atoms with E-state index in [2.05, 4.69) is 25.7 Å². The zero-order valence-electron chi connectivity index (χ0n) is 21.8. The number of hydrogen-bond acceptors (Lipinski definition) is 6. The minimum absolute atomic E-state index is 0.0498. The van der Waals surface area contributed by atoms with Gasteiger partial charge in [0.25, 0.3) is 0 Å². The molecule has 6 nitrogen and oxygen atoms in total. The second kappa shape index (κ2) is 10.2. The second-order valence-corrected chi connectivity index (χ2v) is 10.4. The van der Waals surface area contributed by atoms with E-state index in [4.69, 9.17) is 14.2 Å². The van der Waals surface area contributed by atoms with Gasteiger partial charge in [0.1, 0.15) is 24.0 Å². The van der Waals surface area contributed by atoms with E-state index in [0.29, 0.717) is 29.9 Å². The van der Waals surface area contributed by atoms with Gasteiger partial charge in [0, 0.05) is 34.9 Å². The molecule has 0 aromatic heterocycles. The van der Waals surface area contributed by atoms with Crippen LogP contribution in [0.15, 0.2) is 66.0 Å². The van der Waals surface area contributed by atoms with Crippen molar-refractivity contribution < 1.29 is 23.8 Å². The Morgan fingerprint density at radius 2 is 1.86 bits per heavy atom. The molecule has 0 saturated carbocycles. The zero-order valence-corrected chi connectivity index (χ0v) is 21.8. The van der Waals surface area contributed by atoms with Crippen molar-refractivity contribution in [2.45, 2.75) is 53.1 Å². The summed E-state index contributed by atoms with van der Waals surface area (Å²) in [6.07, 6.45) is 1.13. The lowest BCUT2D eigenvalue weighted by atomic mass is 9.66. The molecule has 4 rings (SSSR count). The van der Waals surface area contributed by atoms with E-state index in [-0.39, 0.29) is 24.4 Å². The fourth-order valence-corrected chi connectivity index (χ4v) is 5.22. The summed E-state index contributed by atoms with van der Waals surface area (Å²) in [5.41, 5.74) is 4.69. The fourth-order valence-electron chi connectivity index (χ4n) is 5.22. The number of Topliss-reactive ketones (excluding diaryl/α,β-unsaturated/α-hetero) is 1. The molecule has 1 aliphatic carbocycles. The Bertz CT molecular complexity index is 1210. The van der Waals surface area contributed by atoms with Crippen LogP contribution < -0.4 is 14.8 Å². The van der Waals surface area contributed by atoms with E-state index in [1.54, 1.807) is 14.0 Å². The molecule has 1 N–H and O–H groups in total. The van der Waals surface area contributed by atoms with Gasteiger partial charge in [-0.1, -0.05) is 44.2 Å². The molecule has 0 amide bonds. The quantitative estimate of drug-likeness (QED) is 0.510. The number of carbonyl (C=O) groups is 2. The summed E-state index contributed by atoms with van der Waals surface area (Å²) < 4.78 is 17.1.